The second kappa shape index (κ2) is 0.782. The molecule has 2 unspecified atom stereocenters. The van der Waals surface area contributed by atoms with Gasteiger partial charge < -0.3 is 0 Å². The van der Waals surface area contributed by atoms with Gasteiger partial charge in [0.05, 0.1) is 0 Å². The first-order valence-electron chi connectivity index (χ1n) is 4.52. The van der Waals surface area contributed by atoms with E-state index in [-0.39, 0.29) is 0 Å². The molecule has 2 atom stereocenters. The maximum absolute atomic E-state index is 2.32. The summed E-state index contributed by atoms with van der Waals surface area (Å²) in [6.07, 6.45) is 0. The number of benzene rings is 1. The van der Waals surface area contributed by atoms with Crippen LogP contribution < -0.4 is 0 Å². The van der Waals surface area contributed by atoms with Crippen molar-refractivity contribution in [2.24, 2.45) is 23.2 Å². The van der Waals surface area contributed by atoms with Crippen molar-refractivity contribution in [3.05, 3.63) is 35.9 Å². The maximum Gasteiger partial charge on any atom is 0.00924 e. The van der Waals surface area contributed by atoms with Crippen LogP contribution in [0.15, 0.2) is 30.3 Å². The van der Waals surface area contributed by atoms with E-state index in [1.54, 1.807) is 5.56 Å². The van der Waals surface area contributed by atoms with Crippen molar-refractivity contribution in [3.63, 3.8) is 0 Å². The predicted molar refractivity (Wildman–Crippen MR) is 41.0 cm³/mol. The molecular weight excluding hydrogens is 132 g/mol. The fraction of sp³-hybridized carbons (Fsp3) is 0.455. The largest absolute Gasteiger partial charge is 0.0622 e. The van der Waals surface area contributed by atoms with Gasteiger partial charge in [0.2, 0.25) is 0 Å². The van der Waals surface area contributed by atoms with Crippen LogP contribution >= 0.6 is 0 Å². The zero-order chi connectivity index (χ0) is 6.84. The SMILES string of the molecule is c1ccc(C23C4C5C2C543)cc1. The van der Waals surface area contributed by atoms with E-state index in [4.69, 9.17) is 0 Å². The van der Waals surface area contributed by atoms with Gasteiger partial charge in [-0.2, -0.15) is 0 Å². The van der Waals surface area contributed by atoms with Crippen LogP contribution in [0.1, 0.15) is 5.56 Å². The van der Waals surface area contributed by atoms with Crippen LogP contribution in [0.25, 0.3) is 0 Å². The molecule has 0 bridgehead atoms. The van der Waals surface area contributed by atoms with Crippen molar-refractivity contribution in [1.82, 2.24) is 0 Å². The minimum Gasteiger partial charge on any atom is -0.0622 e. The lowest BCUT2D eigenvalue weighted by Gasteiger charge is -2.23. The highest BCUT2D eigenvalue weighted by atomic mass is 15.3. The first-order valence-corrected chi connectivity index (χ1v) is 4.52. The molecule has 11 heavy (non-hydrogen) atoms. The minimum atomic E-state index is 0.804. The van der Waals surface area contributed by atoms with Crippen molar-refractivity contribution in [2.75, 3.05) is 0 Å². The normalized spacial score (nSPS) is 69.6. The molecule has 52 valence electrons. The summed E-state index contributed by atoms with van der Waals surface area (Å²) >= 11 is 0. The molecule has 0 nitrogen and oxygen atoms in total. The molecule has 0 heteroatoms. The molecule has 1 spiro atoms. The first-order chi connectivity index (χ1) is 5.47. The summed E-state index contributed by atoms with van der Waals surface area (Å²) in [6.45, 7) is 0. The Balaban J connectivity index is 1.78. The van der Waals surface area contributed by atoms with E-state index in [9.17, 15) is 0 Å². The second-order valence-corrected chi connectivity index (χ2v) is 4.65. The van der Waals surface area contributed by atoms with E-state index in [1.807, 2.05) is 0 Å². The molecule has 0 aliphatic heterocycles. The molecule has 0 heterocycles. The summed E-state index contributed by atoms with van der Waals surface area (Å²) in [5.74, 6) is 3.60. The molecule has 0 aromatic heterocycles. The Morgan fingerprint density at radius 2 is 1.64 bits per heavy atom. The molecule has 1 aromatic rings. The third-order valence-corrected chi connectivity index (χ3v) is 4.86. The zero-order valence-electron chi connectivity index (χ0n) is 6.12. The first kappa shape index (κ1) is 4.30. The highest BCUT2D eigenvalue weighted by molar-refractivity contribution is 5.83. The Bertz CT molecular complexity index is 378. The standard InChI is InChI=1S/C11H8/c1-2-4-6(5-3-1)10-8-7-9(10)11(7,8)10/h1-5,7-9H. The van der Waals surface area contributed by atoms with Gasteiger partial charge in [0.1, 0.15) is 0 Å². The van der Waals surface area contributed by atoms with Crippen LogP contribution in [0.4, 0.5) is 0 Å². The molecule has 4 fully saturated rings. The van der Waals surface area contributed by atoms with Gasteiger partial charge in [0.25, 0.3) is 0 Å². The number of hydrogen-bond acceptors (Lipinski definition) is 0. The summed E-state index contributed by atoms with van der Waals surface area (Å²) in [5, 5.41) is 0. The summed E-state index contributed by atoms with van der Waals surface area (Å²) in [7, 11) is 0. The Kier molecular flexibility index (Phi) is 0.306. The van der Waals surface area contributed by atoms with Crippen LogP contribution in [0.3, 0.4) is 0 Å². The van der Waals surface area contributed by atoms with Crippen molar-refractivity contribution in [3.8, 4) is 0 Å². The Morgan fingerprint density at radius 3 is 2.09 bits per heavy atom. The van der Waals surface area contributed by atoms with E-state index in [0.717, 1.165) is 10.8 Å². The summed E-state index contributed by atoms with van der Waals surface area (Å²) in [6, 6.07) is 11.1. The van der Waals surface area contributed by atoms with E-state index >= 15 is 0 Å². The van der Waals surface area contributed by atoms with Gasteiger partial charge in [-0.1, -0.05) is 30.3 Å². The monoisotopic (exact) mass is 140 g/mol. The Morgan fingerprint density at radius 1 is 1.00 bits per heavy atom. The highest BCUT2D eigenvalue weighted by Gasteiger charge is 3.29. The summed E-state index contributed by atoms with van der Waals surface area (Å²) in [4.78, 5) is 0. The molecular formula is C11H8. The van der Waals surface area contributed by atoms with Crippen molar-refractivity contribution >= 4 is 0 Å². The highest BCUT2D eigenvalue weighted by Crippen LogP contribution is 3.29. The number of hydrogen-bond donors (Lipinski definition) is 0. The van der Waals surface area contributed by atoms with Crippen molar-refractivity contribution in [1.29, 1.82) is 0 Å². The number of rotatable bonds is 1. The second-order valence-electron chi connectivity index (χ2n) is 4.65. The van der Waals surface area contributed by atoms with Crippen LogP contribution in [0.5, 0.6) is 0 Å². The minimum absolute atomic E-state index is 0.804. The molecule has 0 amide bonds. The maximum atomic E-state index is 2.32. The fourth-order valence-corrected chi connectivity index (χ4v) is 4.24. The van der Waals surface area contributed by atoms with E-state index in [2.05, 4.69) is 30.3 Å². The van der Waals surface area contributed by atoms with Gasteiger partial charge in [-0.25, -0.2) is 0 Å². The van der Waals surface area contributed by atoms with Crippen LogP contribution in [-0.2, 0) is 5.41 Å². The van der Waals surface area contributed by atoms with Gasteiger partial charge >= 0.3 is 0 Å². The molecule has 0 saturated heterocycles. The topological polar surface area (TPSA) is 0 Å². The van der Waals surface area contributed by atoms with E-state index in [0.29, 0.717) is 0 Å². The van der Waals surface area contributed by atoms with Gasteiger partial charge in [0, 0.05) is 5.41 Å². The summed E-state index contributed by atoms with van der Waals surface area (Å²) < 4.78 is 0. The molecule has 5 rings (SSSR count). The van der Waals surface area contributed by atoms with Gasteiger partial charge in [-0.3, -0.25) is 0 Å². The lowest BCUT2D eigenvalue weighted by Crippen LogP contribution is -2.22. The summed E-state index contributed by atoms with van der Waals surface area (Å²) in [5.41, 5.74) is 3.42. The predicted octanol–water partition coefficient (Wildman–Crippen LogP) is 1.81. The van der Waals surface area contributed by atoms with Crippen LogP contribution in [-0.4, -0.2) is 0 Å². The third kappa shape index (κ3) is 0.176. The Hall–Kier alpha value is -0.780. The molecule has 4 saturated carbocycles. The van der Waals surface area contributed by atoms with E-state index < -0.39 is 0 Å². The average Bonchev–Trinajstić information content (AvgIpc) is 2.75. The van der Waals surface area contributed by atoms with Gasteiger partial charge in [0.15, 0.2) is 0 Å². The lowest BCUT2D eigenvalue weighted by molar-refractivity contribution is 0.370. The van der Waals surface area contributed by atoms with Gasteiger partial charge in [-0.15, -0.1) is 0 Å². The number of fused-ring (bicyclic) bond motifs is 4. The quantitative estimate of drug-likeness (QED) is 0.558. The average molecular weight is 140 g/mol. The Labute approximate surface area is 65.2 Å². The zero-order valence-corrected chi connectivity index (χ0v) is 6.12. The molecule has 1 aromatic carbocycles. The fourth-order valence-electron chi connectivity index (χ4n) is 4.24. The van der Waals surface area contributed by atoms with Crippen molar-refractivity contribution in [2.45, 2.75) is 5.41 Å². The van der Waals surface area contributed by atoms with Crippen LogP contribution in [0.2, 0.25) is 0 Å². The molecule has 4 aliphatic carbocycles. The molecule has 0 N–H and O–H groups in total. The third-order valence-electron chi connectivity index (χ3n) is 4.86. The van der Waals surface area contributed by atoms with E-state index in [1.165, 1.54) is 17.8 Å². The smallest absolute Gasteiger partial charge is 0.00924 e. The van der Waals surface area contributed by atoms with Crippen molar-refractivity contribution < 1.29 is 0 Å². The van der Waals surface area contributed by atoms with Crippen LogP contribution in [0, 0.1) is 23.2 Å². The lowest BCUT2D eigenvalue weighted by atomic mass is 9.79. The van der Waals surface area contributed by atoms with Gasteiger partial charge in [-0.05, 0) is 28.7 Å². The molecule has 0 radical (unpaired) electrons. The molecule has 4 aliphatic rings.